The number of carbonyl (C=O) groups excluding carboxylic acids is 1. The first-order valence-corrected chi connectivity index (χ1v) is 5.92. The molecule has 16 heavy (non-hydrogen) atoms. The van der Waals surface area contributed by atoms with Crippen LogP contribution in [-0.2, 0) is 9.53 Å². The van der Waals surface area contributed by atoms with Crippen LogP contribution < -0.4 is 11.3 Å². The smallest absolute Gasteiger partial charge is 0.233 e. The number of hydrogen-bond acceptors (Lipinski definition) is 4. The van der Waals surface area contributed by atoms with Crippen LogP contribution in [0.15, 0.2) is 0 Å². The second-order valence-electron chi connectivity index (χ2n) is 4.67. The maximum atomic E-state index is 11.0. The predicted molar refractivity (Wildman–Crippen MR) is 62.6 cm³/mol. The van der Waals surface area contributed by atoms with Gasteiger partial charge in [-0.25, -0.2) is 5.84 Å². The number of carbonyl (C=O) groups is 1. The van der Waals surface area contributed by atoms with E-state index in [4.69, 9.17) is 10.6 Å². The van der Waals surface area contributed by atoms with E-state index in [1.807, 2.05) is 0 Å². The first kappa shape index (κ1) is 13.4. The van der Waals surface area contributed by atoms with Crippen LogP contribution in [0, 0.1) is 0 Å². The number of amides is 1. The molecule has 0 bridgehead atoms. The van der Waals surface area contributed by atoms with E-state index < -0.39 is 0 Å². The number of morpholine rings is 1. The van der Waals surface area contributed by atoms with E-state index in [2.05, 4.69) is 31.1 Å². The second kappa shape index (κ2) is 6.18. The van der Waals surface area contributed by atoms with Gasteiger partial charge in [0, 0.05) is 25.6 Å². The van der Waals surface area contributed by atoms with Gasteiger partial charge in [-0.3, -0.25) is 15.1 Å². The molecule has 1 rings (SSSR count). The van der Waals surface area contributed by atoms with E-state index in [-0.39, 0.29) is 18.1 Å². The normalized spacial score (nSPS) is 28.8. The molecule has 1 heterocycles. The van der Waals surface area contributed by atoms with Crippen molar-refractivity contribution in [3.63, 3.8) is 0 Å². The van der Waals surface area contributed by atoms with E-state index in [1.165, 1.54) is 0 Å². The van der Waals surface area contributed by atoms with E-state index in [0.717, 1.165) is 19.5 Å². The molecule has 1 fully saturated rings. The van der Waals surface area contributed by atoms with Crippen molar-refractivity contribution in [1.82, 2.24) is 10.3 Å². The lowest BCUT2D eigenvalue weighted by Crippen LogP contribution is -2.49. The van der Waals surface area contributed by atoms with Gasteiger partial charge in [-0.2, -0.15) is 0 Å². The SMILES string of the molecule is CC(CCC(=O)NN)N1C[C@@H](C)O[C@@H](C)C1. The summed E-state index contributed by atoms with van der Waals surface area (Å²) in [5.74, 6) is 4.95. The van der Waals surface area contributed by atoms with Crippen molar-refractivity contribution >= 4 is 5.91 Å². The predicted octanol–water partition coefficient (Wildman–Crippen LogP) is 0.254. The lowest BCUT2D eigenvalue weighted by molar-refractivity contribution is -0.121. The van der Waals surface area contributed by atoms with Crippen molar-refractivity contribution in [3.05, 3.63) is 0 Å². The molecule has 5 nitrogen and oxygen atoms in total. The number of hydrazine groups is 1. The Morgan fingerprint density at radius 1 is 1.50 bits per heavy atom. The minimum absolute atomic E-state index is 0.0961. The highest BCUT2D eigenvalue weighted by atomic mass is 16.5. The van der Waals surface area contributed by atoms with Crippen molar-refractivity contribution < 1.29 is 9.53 Å². The van der Waals surface area contributed by atoms with Gasteiger partial charge in [-0.1, -0.05) is 0 Å². The number of nitrogens with two attached hydrogens (primary N) is 1. The van der Waals surface area contributed by atoms with Crippen molar-refractivity contribution in [1.29, 1.82) is 0 Å². The minimum atomic E-state index is -0.0961. The highest BCUT2D eigenvalue weighted by Crippen LogP contribution is 2.15. The van der Waals surface area contributed by atoms with Crippen LogP contribution in [0.1, 0.15) is 33.6 Å². The summed E-state index contributed by atoms with van der Waals surface area (Å²) in [7, 11) is 0. The molecule has 3 N–H and O–H groups in total. The molecular weight excluding hydrogens is 206 g/mol. The van der Waals surface area contributed by atoms with Crippen LogP contribution >= 0.6 is 0 Å². The Labute approximate surface area is 97.3 Å². The Hall–Kier alpha value is -0.650. The molecule has 0 aromatic carbocycles. The zero-order valence-corrected chi connectivity index (χ0v) is 10.4. The molecule has 0 radical (unpaired) electrons. The topological polar surface area (TPSA) is 67.6 Å². The quantitative estimate of drug-likeness (QED) is 0.412. The van der Waals surface area contributed by atoms with Gasteiger partial charge in [0.15, 0.2) is 0 Å². The molecule has 5 heteroatoms. The van der Waals surface area contributed by atoms with E-state index in [0.29, 0.717) is 12.5 Å². The van der Waals surface area contributed by atoms with Crippen molar-refractivity contribution in [2.45, 2.75) is 51.9 Å². The molecule has 1 amide bonds. The Bertz CT molecular complexity index is 225. The third-order valence-electron chi connectivity index (χ3n) is 3.02. The zero-order chi connectivity index (χ0) is 12.1. The van der Waals surface area contributed by atoms with Gasteiger partial charge in [0.05, 0.1) is 12.2 Å². The van der Waals surface area contributed by atoms with Gasteiger partial charge < -0.3 is 4.74 Å². The molecule has 0 spiro atoms. The van der Waals surface area contributed by atoms with Crippen LogP contribution in [-0.4, -0.2) is 42.1 Å². The third kappa shape index (κ3) is 4.08. The summed E-state index contributed by atoms with van der Waals surface area (Å²) in [4.78, 5) is 13.4. The Morgan fingerprint density at radius 2 is 2.06 bits per heavy atom. The fourth-order valence-corrected chi connectivity index (χ4v) is 2.17. The number of nitrogens with zero attached hydrogens (tertiary/aromatic N) is 1. The first-order chi connectivity index (χ1) is 7.52. The molecule has 0 aromatic rings. The molecule has 3 atom stereocenters. The van der Waals surface area contributed by atoms with Crippen LogP contribution in [0.5, 0.6) is 0 Å². The fraction of sp³-hybridized carbons (Fsp3) is 0.909. The van der Waals surface area contributed by atoms with Gasteiger partial charge in [-0.05, 0) is 27.2 Å². The van der Waals surface area contributed by atoms with Crippen molar-refractivity contribution in [3.8, 4) is 0 Å². The number of hydrogen-bond donors (Lipinski definition) is 2. The third-order valence-corrected chi connectivity index (χ3v) is 3.02. The molecule has 94 valence electrons. The average Bonchev–Trinajstić information content (AvgIpc) is 2.23. The Morgan fingerprint density at radius 3 is 2.56 bits per heavy atom. The standard InChI is InChI=1S/C11H23N3O2/c1-8(4-5-11(15)13-12)14-6-9(2)16-10(3)7-14/h8-10H,4-7,12H2,1-3H3,(H,13,15)/t8?,9-,10+. The molecule has 0 aliphatic carbocycles. The number of ether oxygens (including phenoxy) is 1. The number of nitrogens with one attached hydrogen (secondary N) is 1. The summed E-state index contributed by atoms with van der Waals surface area (Å²) in [6.45, 7) is 8.20. The molecule has 1 unspecified atom stereocenters. The Balaban J connectivity index is 2.35. The summed E-state index contributed by atoms with van der Waals surface area (Å²) in [5, 5.41) is 0. The van der Waals surface area contributed by atoms with Gasteiger partial charge in [0.25, 0.3) is 0 Å². The molecule has 1 aliphatic rings. The van der Waals surface area contributed by atoms with E-state index in [9.17, 15) is 4.79 Å². The summed E-state index contributed by atoms with van der Waals surface area (Å²) < 4.78 is 5.67. The van der Waals surface area contributed by atoms with E-state index in [1.54, 1.807) is 0 Å². The van der Waals surface area contributed by atoms with Gasteiger partial charge in [-0.15, -0.1) is 0 Å². The summed E-state index contributed by atoms with van der Waals surface area (Å²) >= 11 is 0. The van der Waals surface area contributed by atoms with E-state index >= 15 is 0 Å². The van der Waals surface area contributed by atoms with Crippen molar-refractivity contribution in [2.24, 2.45) is 5.84 Å². The lowest BCUT2D eigenvalue weighted by atomic mass is 10.1. The average molecular weight is 229 g/mol. The van der Waals surface area contributed by atoms with Gasteiger partial charge >= 0.3 is 0 Å². The molecule has 1 saturated heterocycles. The highest BCUT2D eigenvalue weighted by molar-refractivity contribution is 5.75. The minimum Gasteiger partial charge on any atom is -0.373 e. The van der Waals surface area contributed by atoms with Crippen LogP contribution in [0.25, 0.3) is 0 Å². The Kier molecular flexibility index (Phi) is 5.18. The molecule has 0 aromatic heterocycles. The summed E-state index contributed by atoms with van der Waals surface area (Å²) in [5.41, 5.74) is 2.16. The summed E-state index contributed by atoms with van der Waals surface area (Å²) in [6.07, 6.45) is 1.87. The molecular formula is C11H23N3O2. The zero-order valence-electron chi connectivity index (χ0n) is 10.4. The van der Waals surface area contributed by atoms with Gasteiger partial charge in [0.1, 0.15) is 0 Å². The van der Waals surface area contributed by atoms with Crippen molar-refractivity contribution in [2.75, 3.05) is 13.1 Å². The van der Waals surface area contributed by atoms with Crippen LogP contribution in [0.2, 0.25) is 0 Å². The largest absolute Gasteiger partial charge is 0.373 e. The van der Waals surface area contributed by atoms with Crippen LogP contribution in [0.3, 0.4) is 0 Å². The molecule has 1 aliphatic heterocycles. The molecule has 0 saturated carbocycles. The maximum Gasteiger partial charge on any atom is 0.233 e. The number of rotatable bonds is 4. The fourth-order valence-electron chi connectivity index (χ4n) is 2.17. The monoisotopic (exact) mass is 229 g/mol. The second-order valence-corrected chi connectivity index (χ2v) is 4.67. The highest BCUT2D eigenvalue weighted by Gasteiger charge is 2.25. The first-order valence-electron chi connectivity index (χ1n) is 5.92. The maximum absolute atomic E-state index is 11.0. The van der Waals surface area contributed by atoms with Gasteiger partial charge in [0.2, 0.25) is 5.91 Å². The lowest BCUT2D eigenvalue weighted by Gasteiger charge is -2.38. The van der Waals surface area contributed by atoms with Crippen LogP contribution in [0.4, 0.5) is 0 Å². The summed E-state index contributed by atoms with van der Waals surface area (Å²) in [6, 6.07) is 0.395.